The summed E-state index contributed by atoms with van der Waals surface area (Å²) in [5, 5.41) is 11.8. The molecule has 0 radical (unpaired) electrons. The number of hydrogen-bond acceptors (Lipinski definition) is 5. The highest BCUT2D eigenvalue weighted by Gasteiger charge is 2.25. The Morgan fingerprint density at radius 3 is 2.36 bits per heavy atom. The summed E-state index contributed by atoms with van der Waals surface area (Å²) in [7, 11) is 1.58. The molecule has 5 heteroatoms. The van der Waals surface area contributed by atoms with Gasteiger partial charge in [0.1, 0.15) is 5.75 Å². The summed E-state index contributed by atoms with van der Waals surface area (Å²) in [5.74, 6) is 0.823. The van der Waals surface area contributed by atoms with Crippen LogP contribution in [0.4, 0.5) is 5.69 Å². The van der Waals surface area contributed by atoms with Crippen LogP contribution in [0.1, 0.15) is 21.5 Å². The predicted molar refractivity (Wildman–Crippen MR) is 108 cm³/mol. The van der Waals surface area contributed by atoms with Crippen molar-refractivity contribution in [3.05, 3.63) is 102 Å². The van der Waals surface area contributed by atoms with Crippen LogP contribution in [-0.4, -0.2) is 29.0 Å². The van der Waals surface area contributed by atoms with Crippen LogP contribution in [-0.2, 0) is 0 Å². The van der Waals surface area contributed by atoms with Crippen molar-refractivity contribution in [1.29, 1.82) is 0 Å². The second-order valence-electron chi connectivity index (χ2n) is 6.25. The minimum Gasteiger partial charge on any atom is -0.497 e. The van der Waals surface area contributed by atoms with Crippen molar-refractivity contribution in [2.24, 2.45) is 4.99 Å². The van der Waals surface area contributed by atoms with Gasteiger partial charge in [0.15, 0.2) is 11.6 Å². The molecule has 1 aliphatic heterocycles. The third-order valence-corrected chi connectivity index (χ3v) is 4.51. The Labute approximate surface area is 162 Å². The smallest absolute Gasteiger partial charge is 0.188 e. The van der Waals surface area contributed by atoms with E-state index in [1.54, 1.807) is 31.4 Å². The second kappa shape index (κ2) is 7.50. The molecule has 138 valence electrons. The van der Waals surface area contributed by atoms with Gasteiger partial charge >= 0.3 is 0 Å². The molecule has 1 N–H and O–H groups in total. The fourth-order valence-corrected chi connectivity index (χ4v) is 3.05. The van der Waals surface area contributed by atoms with Crippen LogP contribution in [0, 0.1) is 0 Å². The van der Waals surface area contributed by atoms with Crippen LogP contribution in [0.3, 0.4) is 0 Å². The number of carbonyl (C=O) groups excluding carboxylic acids is 1. The molecule has 0 fully saturated rings. The van der Waals surface area contributed by atoms with E-state index in [1.165, 1.54) is 6.08 Å². The fourth-order valence-electron chi connectivity index (χ4n) is 3.05. The van der Waals surface area contributed by atoms with E-state index in [9.17, 15) is 10.0 Å². The third-order valence-electron chi connectivity index (χ3n) is 4.51. The van der Waals surface area contributed by atoms with Gasteiger partial charge in [-0.2, -0.15) is 0 Å². The van der Waals surface area contributed by atoms with Crippen LogP contribution in [0.5, 0.6) is 5.75 Å². The summed E-state index contributed by atoms with van der Waals surface area (Å²) in [6.45, 7) is 0. The van der Waals surface area contributed by atoms with Gasteiger partial charge in [-0.3, -0.25) is 10.0 Å². The van der Waals surface area contributed by atoms with Crippen molar-refractivity contribution in [3.8, 4) is 5.75 Å². The monoisotopic (exact) mass is 370 g/mol. The molecule has 0 aliphatic carbocycles. The van der Waals surface area contributed by atoms with Gasteiger partial charge in [-0.05, 0) is 30.3 Å². The summed E-state index contributed by atoms with van der Waals surface area (Å²) in [6, 6.07) is 23.6. The van der Waals surface area contributed by atoms with E-state index in [0.717, 1.165) is 10.6 Å². The number of fused-ring (bicyclic) bond motifs is 1. The normalized spacial score (nSPS) is 14.4. The van der Waals surface area contributed by atoms with Crippen LogP contribution in [0.25, 0.3) is 5.70 Å². The van der Waals surface area contributed by atoms with E-state index in [-0.39, 0.29) is 5.78 Å². The Morgan fingerprint density at radius 2 is 1.64 bits per heavy atom. The molecule has 3 aromatic carbocycles. The van der Waals surface area contributed by atoms with Gasteiger partial charge in [-0.1, -0.05) is 48.5 Å². The molecule has 0 atom stereocenters. The molecule has 0 saturated carbocycles. The Bertz CT molecular complexity index is 1070. The average molecular weight is 370 g/mol. The number of ether oxygens (including phenoxy) is 1. The standard InChI is InChI=1S/C23H18N2O3/c1-28-18-13-11-16(12-14-18)22(26)15-21-19-9-5-6-10-20(19)24-23(25(21)27)17-7-3-2-4-8-17/h2-15,27H,1H3/b21-15-. The van der Waals surface area contributed by atoms with Crippen LogP contribution in [0.2, 0.25) is 0 Å². The zero-order valence-corrected chi connectivity index (χ0v) is 15.2. The van der Waals surface area contributed by atoms with E-state index in [2.05, 4.69) is 4.99 Å². The number of aliphatic imine (C=N–C) groups is 1. The lowest BCUT2D eigenvalue weighted by atomic mass is 10.0. The van der Waals surface area contributed by atoms with Gasteiger partial charge in [0.05, 0.1) is 18.5 Å². The Morgan fingerprint density at radius 1 is 0.964 bits per heavy atom. The first-order valence-electron chi connectivity index (χ1n) is 8.80. The van der Waals surface area contributed by atoms with Crippen molar-refractivity contribution in [2.45, 2.75) is 0 Å². The van der Waals surface area contributed by atoms with Gasteiger partial charge in [0.2, 0.25) is 0 Å². The molecule has 4 rings (SSSR count). The second-order valence-corrected chi connectivity index (χ2v) is 6.25. The van der Waals surface area contributed by atoms with Gasteiger partial charge in [-0.15, -0.1) is 0 Å². The molecule has 0 unspecified atom stereocenters. The first kappa shape index (κ1) is 17.7. The number of rotatable bonds is 4. The number of methoxy groups -OCH3 is 1. The summed E-state index contributed by atoms with van der Waals surface area (Å²) >= 11 is 0. The highest BCUT2D eigenvalue weighted by Crippen LogP contribution is 2.34. The van der Waals surface area contributed by atoms with Crippen molar-refractivity contribution < 1.29 is 14.7 Å². The van der Waals surface area contributed by atoms with Crippen molar-refractivity contribution in [3.63, 3.8) is 0 Å². The van der Waals surface area contributed by atoms with E-state index < -0.39 is 0 Å². The minimum atomic E-state index is -0.221. The molecule has 0 bridgehead atoms. The number of hydroxylamine groups is 2. The van der Waals surface area contributed by atoms with Crippen LogP contribution < -0.4 is 4.74 Å². The molecule has 0 aromatic heterocycles. The van der Waals surface area contributed by atoms with Crippen LogP contribution >= 0.6 is 0 Å². The lowest BCUT2D eigenvalue weighted by molar-refractivity contribution is 0.0502. The molecule has 3 aromatic rings. The molecular formula is C23H18N2O3. The first-order valence-corrected chi connectivity index (χ1v) is 8.80. The molecule has 1 heterocycles. The number of nitrogens with zero attached hydrogens (tertiary/aromatic N) is 2. The van der Waals surface area contributed by atoms with Gasteiger partial charge in [0.25, 0.3) is 0 Å². The van der Waals surface area contributed by atoms with E-state index in [0.29, 0.717) is 34.1 Å². The van der Waals surface area contributed by atoms with Gasteiger partial charge in [0, 0.05) is 22.8 Å². The Kier molecular flexibility index (Phi) is 4.74. The number of amidine groups is 1. The molecular weight excluding hydrogens is 352 g/mol. The Balaban J connectivity index is 1.78. The molecule has 28 heavy (non-hydrogen) atoms. The topological polar surface area (TPSA) is 62.1 Å². The number of para-hydroxylation sites is 1. The number of benzene rings is 3. The number of carbonyl (C=O) groups is 1. The van der Waals surface area contributed by atoms with Gasteiger partial charge in [-0.25, -0.2) is 10.1 Å². The largest absolute Gasteiger partial charge is 0.497 e. The Hall–Kier alpha value is -3.70. The maximum atomic E-state index is 12.8. The number of hydrogen-bond donors (Lipinski definition) is 1. The minimum absolute atomic E-state index is 0.221. The first-order chi connectivity index (χ1) is 13.7. The van der Waals surface area contributed by atoms with Crippen LogP contribution in [0.15, 0.2) is 89.9 Å². The SMILES string of the molecule is COc1ccc(C(=O)/C=C2/c3ccccc3N=C(c3ccccc3)N2O)cc1. The lowest BCUT2D eigenvalue weighted by Gasteiger charge is -2.27. The maximum absolute atomic E-state index is 12.8. The molecule has 0 amide bonds. The summed E-state index contributed by atoms with van der Waals surface area (Å²) in [6.07, 6.45) is 1.43. The zero-order valence-electron chi connectivity index (χ0n) is 15.2. The number of allylic oxidation sites excluding steroid dienone is 1. The van der Waals surface area contributed by atoms with Crippen molar-refractivity contribution in [2.75, 3.05) is 7.11 Å². The van der Waals surface area contributed by atoms with E-state index in [4.69, 9.17) is 4.74 Å². The summed E-state index contributed by atoms with van der Waals surface area (Å²) < 4.78 is 5.13. The average Bonchev–Trinajstić information content (AvgIpc) is 2.76. The number of ketones is 1. The fraction of sp³-hybridized carbons (Fsp3) is 0.0435. The summed E-state index contributed by atoms with van der Waals surface area (Å²) in [4.78, 5) is 17.4. The molecule has 1 aliphatic rings. The molecule has 0 spiro atoms. The van der Waals surface area contributed by atoms with Crippen molar-refractivity contribution in [1.82, 2.24) is 5.06 Å². The highest BCUT2D eigenvalue weighted by molar-refractivity contribution is 6.13. The van der Waals surface area contributed by atoms with Gasteiger partial charge < -0.3 is 4.74 Å². The quantitative estimate of drug-likeness (QED) is 0.534. The third kappa shape index (κ3) is 3.31. The maximum Gasteiger partial charge on any atom is 0.188 e. The highest BCUT2D eigenvalue weighted by atomic mass is 16.5. The zero-order chi connectivity index (χ0) is 19.5. The predicted octanol–water partition coefficient (Wildman–Crippen LogP) is 4.70. The summed E-state index contributed by atoms with van der Waals surface area (Å²) in [5.41, 5.74) is 3.02. The lowest BCUT2D eigenvalue weighted by Crippen LogP contribution is -2.30. The van der Waals surface area contributed by atoms with E-state index in [1.807, 2.05) is 54.6 Å². The van der Waals surface area contributed by atoms with E-state index >= 15 is 0 Å². The molecule has 5 nitrogen and oxygen atoms in total. The molecule has 0 saturated heterocycles. The van der Waals surface area contributed by atoms with Crippen molar-refractivity contribution >= 4 is 23.0 Å².